The molecule has 2 atom stereocenters. The summed E-state index contributed by atoms with van der Waals surface area (Å²) in [6.07, 6.45) is 2.99. The van der Waals surface area contributed by atoms with Gasteiger partial charge in [0, 0.05) is 30.3 Å². The number of benzene rings is 1. The number of hydrogen-bond donors (Lipinski definition) is 2. The molecule has 0 amide bonds. The normalized spacial score (nSPS) is 21.1. The number of halogens is 1. The van der Waals surface area contributed by atoms with Gasteiger partial charge in [0.05, 0.1) is 13.7 Å². The Morgan fingerprint density at radius 1 is 1.25 bits per heavy atom. The van der Waals surface area contributed by atoms with Gasteiger partial charge in [0.15, 0.2) is 17.4 Å². The molecule has 0 spiro atoms. The number of pyridine rings is 1. The average molecular weight is 492 g/mol. The highest BCUT2D eigenvalue weighted by atomic mass is 127. The topological polar surface area (TPSA) is 75.8 Å². The number of guanidine groups is 1. The molecule has 0 aliphatic heterocycles. The Morgan fingerprint density at radius 2 is 2.04 bits per heavy atom. The molecule has 28 heavy (non-hydrogen) atoms. The summed E-state index contributed by atoms with van der Waals surface area (Å²) in [5, 5.41) is 15.3. The van der Waals surface area contributed by atoms with Crippen molar-refractivity contribution < 1.29 is 4.74 Å². The fraction of sp³-hybridized carbons (Fsp3) is 0.350. The number of fused-ring (bicyclic) bond motifs is 1. The van der Waals surface area contributed by atoms with Crippen LogP contribution in [0.5, 0.6) is 5.75 Å². The summed E-state index contributed by atoms with van der Waals surface area (Å²) in [6.45, 7) is 2.80. The Hall–Kier alpha value is -2.36. The van der Waals surface area contributed by atoms with Gasteiger partial charge in [0.2, 0.25) is 0 Å². The minimum absolute atomic E-state index is 0. The number of nitrogens with zero attached hydrogens (tertiary/aromatic N) is 4. The predicted molar refractivity (Wildman–Crippen MR) is 120 cm³/mol. The van der Waals surface area contributed by atoms with Gasteiger partial charge in [0.25, 0.3) is 0 Å². The molecular weight excluding hydrogens is 467 g/mol. The lowest BCUT2D eigenvalue weighted by molar-refractivity contribution is 0.404. The first-order valence-corrected chi connectivity index (χ1v) is 9.05. The summed E-state index contributed by atoms with van der Waals surface area (Å²) in [6, 6.07) is 14.4. The molecular formula is C20H25IN6O. The Balaban J connectivity index is 0.00000225. The second-order valence-electron chi connectivity index (χ2n) is 6.99. The van der Waals surface area contributed by atoms with E-state index in [9.17, 15) is 0 Å². The van der Waals surface area contributed by atoms with Gasteiger partial charge in [-0.05, 0) is 24.6 Å². The number of rotatable bonds is 5. The Morgan fingerprint density at radius 3 is 2.82 bits per heavy atom. The van der Waals surface area contributed by atoms with Crippen LogP contribution in [0.15, 0.2) is 53.7 Å². The van der Waals surface area contributed by atoms with Crippen LogP contribution in [0.3, 0.4) is 0 Å². The van der Waals surface area contributed by atoms with E-state index in [0.717, 1.165) is 29.6 Å². The van der Waals surface area contributed by atoms with Crippen molar-refractivity contribution in [2.24, 2.45) is 4.99 Å². The zero-order valence-corrected chi connectivity index (χ0v) is 18.5. The molecule has 3 aromatic rings. The number of nitrogens with one attached hydrogen (secondary N) is 2. The highest BCUT2D eigenvalue weighted by molar-refractivity contribution is 14.0. The molecule has 1 aliphatic carbocycles. The van der Waals surface area contributed by atoms with Crippen LogP contribution >= 0.6 is 24.0 Å². The molecule has 2 heterocycles. The second-order valence-corrected chi connectivity index (χ2v) is 6.99. The van der Waals surface area contributed by atoms with Crippen molar-refractivity contribution in [3.05, 3.63) is 60.0 Å². The maximum Gasteiger partial charge on any atom is 0.191 e. The summed E-state index contributed by atoms with van der Waals surface area (Å²) >= 11 is 0. The van der Waals surface area contributed by atoms with E-state index in [2.05, 4.69) is 44.9 Å². The molecule has 1 saturated carbocycles. The van der Waals surface area contributed by atoms with Crippen molar-refractivity contribution in [1.29, 1.82) is 0 Å². The predicted octanol–water partition coefficient (Wildman–Crippen LogP) is 2.75. The lowest BCUT2D eigenvalue weighted by atomic mass is 9.96. The summed E-state index contributed by atoms with van der Waals surface area (Å²) in [4.78, 5) is 4.36. The maximum absolute atomic E-state index is 5.54. The van der Waals surface area contributed by atoms with Crippen LogP contribution in [0, 0.1) is 0 Å². The summed E-state index contributed by atoms with van der Waals surface area (Å²) in [5.74, 6) is 2.53. The fourth-order valence-corrected chi connectivity index (χ4v) is 3.52. The van der Waals surface area contributed by atoms with Crippen molar-refractivity contribution >= 4 is 35.6 Å². The number of aromatic nitrogens is 3. The molecule has 7 nitrogen and oxygen atoms in total. The van der Waals surface area contributed by atoms with Gasteiger partial charge >= 0.3 is 0 Å². The SMILES string of the molecule is CN=C(NCc1nnc2ccccn12)NC1CC1(C)c1ccccc1OC.I. The third-order valence-electron chi connectivity index (χ3n) is 5.29. The fourth-order valence-electron chi connectivity index (χ4n) is 3.52. The van der Waals surface area contributed by atoms with Crippen LogP contribution in [0.25, 0.3) is 5.65 Å². The third kappa shape index (κ3) is 3.78. The minimum atomic E-state index is 0. The zero-order valence-electron chi connectivity index (χ0n) is 16.2. The van der Waals surface area contributed by atoms with Gasteiger partial charge in [-0.25, -0.2) is 0 Å². The van der Waals surface area contributed by atoms with Crippen LogP contribution in [0.1, 0.15) is 24.7 Å². The van der Waals surface area contributed by atoms with E-state index < -0.39 is 0 Å². The van der Waals surface area contributed by atoms with Gasteiger partial charge in [-0.15, -0.1) is 34.2 Å². The number of hydrogen-bond acceptors (Lipinski definition) is 4. The standard InChI is InChI=1S/C20H24N6O.HI/c1-20(14-8-4-5-9-15(14)27-3)12-16(20)23-19(21-2)22-13-18-25-24-17-10-6-7-11-26(17)18;/h4-11,16H,12-13H2,1-3H3,(H2,21,22,23);1H. The van der Waals surface area contributed by atoms with Crippen molar-refractivity contribution in [2.75, 3.05) is 14.2 Å². The molecule has 2 N–H and O–H groups in total. The summed E-state index contributed by atoms with van der Waals surface area (Å²) in [5.41, 5.74) is 2.10. The van der Waals surface area contributed by atoms with E-state index in [-0.39, 0.29) is 29.4 Å². The van der Waals surface area contributed by atoms with Gasteiger partial charge in [-0.1, -0.05) is 31.2 Å². The molecule has 148 valence electrons. The monoisotopic (exact) mass is 492 g/mol. The van der Waals surface area contributed by atoms with E-state index in [4.69, 9.17) is 4.74 Å². The first kappa shape index (κ1) is 20.4. The van der Waals surface area contributed by atoms with Gasteiger partial charge in [-0.2, -0.15) is 0 Å². The van der Waals surface area contributed by atoms with E-state index in [1.807, 2.05) is 40.9 Å². The van der Waals surface area contributed by atoms with Crippen LogP contribution in [-0.2, 0) is 12.0 Å². The number of ether oxygens (including phenoxy) is 1. The first-order chi connectivity index (χ1) is 13.2. The molecule has 1 aromatic carbocycles. The smallest absolute Gasteiger partial charge is 0.191 e. The molecule has 0 bridgehead atoms. The highest BCUT2D eigenvalue weighted by Gasteiger charge is 2.53. The molecule has 8 heteroatoms. The summed E-state index contributed by atoms with van der Waals surface area (Å²) in [7, 11) is 3.50. The lowest BCUT2D eigenvalue weighted by Crippen LogP contribution is -2.40. The Labute approximate surface area is 181 Å². The van der Waals surface area contributed by atoms with Crippen LogP contribution in [-0.4, -0.2) is 40.8 Å². The molecule has 0 radical (unpaired) electrons. The molecule has 2 aromatic heterocycles. The zero-order chi connectivity index (χ0) is 18.9. The van der Waals surface area contributed by atoms with Gasteiger partial charge < -0.3 is 15.4 Å². The lowest BCUT2D eigenvalue weighted by Gasteiger charge is -2.18. The van der Waals surface area contributed by atoms with Crippen molar-refractivity contribution in [3.8, 4) is 5.75 Å². The third-order valence-corrected chi connectivity index (χ3v) is 5.29. The van der Waals surface area contributed by atoms with Crippen LogP contribution in [0.4, 0.5) is 0 Å². The van der Waals surface area contributed by atoms with Crippen LogP contribution < -0.4 is 15.4 Å². The van der Waals surface area contributed by atoms with E-state index in [0.29, 0.717) is 12.6 Å². The average Bonchev–Trinajstić information content (AvgIpc) is 3.19. The molecule has 1 fully saturated rings. The van der Waals surface area contributed by atoms with Gasteiger partial charge in [0.1, 0.15) is 5.75 Å². The molecule has 0 saturated heterocycles. The Kier molecular flexibility index (Phi) is 6.07. The first-order valence-electron chi connectivity index (χ1n) is 9.05. The van der Waals surface area contributed by atoms with Crippen LogP contribution in [0.2, 0.25) is 0 Å². The second kappa shape index (κ2) is 8.34. The maximum atomic E-state index is 5.54. The molecule has 4 rings (SSSR count). The Bertz CT molecular complexity index is 987. The number of methoxy groups -OCH3 is 1. The number of para-hydroxylation sites is 1. The van der Waals surface area contributed by atoms with E-state index >= 15 is 0 Å². The summed E-state index contributed by atoms with van der Waals surface area (Å²) < 4.78 is 7.51. The highest BCUT2D eigenvalue weighted by Crippen LogP contribution is 2.50. The van der Waals surface area contributed by atoms with E-state index in [1.165, 1.54) is 5.56 Å². The van der Waals surface area contributed by atoms with Crippen molar-refractivity contribution in [2.45, 2.75) is 31.3 Å². The molecule has 1 aliphatic rings. The minimum Gasteiger partial charge on any atom is -0.496 e. The molecule has 2 unspecified atom stereocenters. The quantitative estimate of drug-likeness (QED) is 0.326. The number of aliphatic imine (C=N–C) groups is 1. The van der Waals surface area contributed by atoms with E-state index in [1.54, 1.807) is 14.2 Å². The van der Waals surface area contributed by atoms with Crippen molar-refractivity contribution in [3.63, 3.8) is 0 Å². The largest absolute Gasteiger partial charge is 0.496 e. The van der Waals surface area contributed by atoms with Crippen molar-refractivity contribution in [1.82, 2.24) is 25.2 Å². The van der Waals surface area contributed by atoms with Gasteiger partial charge in [-0.3, -0.25) is 9.39 Å².